The van der Waals surface area contributed by atoms with Crippen LogP contribution in [-0.2, 0) is 0 Å². The summed E-state index contributed by atoms with van der Waals surface area (Å²) >= 11 is 0. The summed E-state index contributed by atoms with van der Waals surface area (Å²) in [5, 5.41) is 5.18. The van der Waals surface area contributed by atoms with E-state index in [1.807, 2.05) is 84.9 Å². The fourth-order valence-corrected chi connectivity index (χ4v) is 5.89. The van der Waals surface area contributed by atoms with Crippen molar-refractivity contribution in [3.8, 4) is 48.0 Å². The summed E-state index contributed by atoms with van der Waals surface area (Å²) in [7, 11) is 1.57. The van der Waals surface area contributed by atoms with E-state index in [9.17, 15) is 4.79 Å². The Hall–Kier alpha value is -3.81. The molecule has 2 aromatic carbocycles. The molecule has 0 spiro atoms. The highest BCUT2D eigenvalue weighted by Gasteiger charge is 2.24. The number of terminal acetylenes is 2. The number of benzene rings is 2. The summed E-state index contributed by atoms with van der Waals surface area (Å²) in [4.78, 5) is 11.1. The van der Waals surface area contributed by atoms with Crippen molar-refractivity contribution in [1.29, 1.82) is 0 Å². The molecule has 2 N–H and O–H groups in total. The molecule has 50 heavy (non-hydrogen) atoms. The standard InChI is InChI=1S/C15H16N2O2.C12H22.C6H12.C6H2.3C2H6.CH4/c1-11-3-7-13(8-4-11)19-14-9-5-12(6-10-14)17-15(18)16-2;1-3-7-11(8-4-1)12-9-5-2-6-10-12;1-2-4-6-5-3-1;1-3-5-6-4-2;3*1-2;/h3-10H,1-2H3,(H2,16,17,18);11-12H,1-10H2;1-6H2;1-2H;3*1-2H3;1H4. The summed E-state index contributed by atoms with van der Waals surface area (Å²) in [5.74, 6) is 12.4. The van der Waals surface area contributed by atoms with Crippen LogP contribution >= 0.6 is 0 Å². The monoisotopic (exact) mass is 687 g/mol. The largest absolute Gasteiger partial charge is 0.457 e. The molecule has 3 aliphatic rings. The van der Waals surface area contributed by atoms with Gasteiger partial charge >= 0.3 is 6.03 Å². The molecule has 280 valence electrons. The Morgan fingerprint density at radius 2 is 0.920 bits per heavy atom. The third-order valence-corrected chi connectivity index (χ3v) is 8.27. The van der Waals surface area contributed by atoms with Gasteiger partial charge < -0.3 is 15.4 Å². The van der Waals surface area contributed by atoms with Crippen molar-refractivity contribution in [3.05, 3.63) is 54.1 Å². The molecular weight excluding hydrogens is 613 g/mol. The lowest BCUT2D eigenvalue weighted by Gasteiger charge is -2.32. The van der Waals surface area contributed by atoms with Crippen LogP contribution < -0.4 is 15.4 Å². The molecular formula is C46H74N2O2. The van der Waals surface area contributed by atoms with Crippen molar-refractivity contribution in [3.63, 3.8) is 0 Å². The number of carbonyl (C=O) groups excluding carboxylic acids is 1. The van der Waals surface area contributed by atoms with Crippen LogP contribution in [0.3, 0.4) is 0 Å². The van der Waals surface area contributed by atoms with Gasteiger partial charge in [-0.3, -0.25) is 0 Å². The first-order valence-corrected chi connectivity index (χ1v) is 19.3. The normalized spacial score (nSPS) is 14.3. The lowest BCUT2D eigenvalue weighted by atomic mass is 9.73. The molecule has 4 heteroatoms. The Kier molecular flexibility index (Phi) is 38.4. The Balaban J connectivity index is -0.000000611. The van der Waals surface area contributed by atoms with E-state index in [-0.39, 0.29) is 13.5 Å². The van der Waals surface area contributed by atoms with E-state index in [1.165, 1.54) is 82.6 Å². The van der Waals surface area contributed by atoms with Crippen molar-refractivity contribution < 1.29 is 9.53 Å². The molecule has 4 nitrogen and oxygen atoms in total. The molecule has 0 atom stereocenters. The van der Waals surface area contributed by atoms with Crippen LogP contribution in [0.1, 0.15) is 157 Å². The van der Waals surface area contributed by atoms with Gasteiger partial charge in [0.25, 0.3) is 0 Å². The number of nitrogens with one attached hydrogen (secondary N) is 2. The molecule has 0 saturated heterocycles. The van der Waals surface area contributed by atoms with E-state index >= 15 is 0 Å². The molecule has 3 aliphatic carbocycles. The summed E-state index contributed by atoms with van der Waals surface area (Å²) in [6, 6.07) is 14.8. The van der Waals surface area contributed by atoms with Gasteiger partial charge in [-0.1, -0.05) is 169 Å². The lowest BCUT2D eigenvalue weighted by Crippen LogP contribution is -2.24. The quantitative estimate of drug-likeness (QED) is 0.315. The summed E-state index contributed by atoms with van der Waals surface area (Å²) in [5.41, 5.74) is 1.91. The number of ether oxygens (including phenoxy) is 1. The number of carbonyl (C=O) groups is 1. The zero-order chi connectivity index (χ0) is 37.0. The average Bonchev–Trinajstić information content (AvgIpc) is 3.20. The lowest BCUT2D eigenvalue weighted by molar-refractivity contribution is 0.196. The maximum Gasteiger partial charge on any atom is 0.318 e. The summed E-state index contributed by atoms with van der Waals surface area (Å²) in [6.07, 6.45) is 33.8. The van der Waals surface area contributed by atoms with Gasteiger partial charge in [0.1, 0.15) is 11.5 Å². The van der Waals surface area contributed by atoms with Crippen LogP contribution in [-0.4, -0.2) is 13.1 Å². The highest BCUT2D eigenvalue weighted by molar-refractivity contribution is 5.88. The van der Waals surface area contributed by atoms with Gasteiger partial charge in [-0.25, -0.2) is 4.79 Å². The smallest absolute Gasteiger partial charge is 0.318 e. The second-order valence-corrected chi connectivity index (χ2v) is 11.6. The third kappa shape index (κ3) is 27.1. The van der Waals surface area contributed by atoms with Crippen molar-refractivity contribution in [2.75, 3.05) is 12.4 Å². The van der Waals surface area contributed by atoms with Crippen molar-refractivity contribution in [2.45, 2.75) is 159 Å². The van der Waals surface area contributed by atoms with Crippen molar-refractivity contribution in [2.24, 2.45) is 11.8 Å². The number of aryl methyl sites for hydroxylation is 1. The number of amides is 2. The van der Waals surface area contributed by atoms with Gasteiger partial charge in [0.05, 0.1) is 0 Å². The number of hydrogen-bond donors (Lipinski definition) is 2. The molecule has 0 unspecified atom stereocenters. The highest BCUT2D eigenvalue weighted by Crippen LogP contribution is 2.38. The van der Waals surface area contributed by atoms with Gasteiger partial charge in [-0.15, -0.1) is 12.8 Å². The fourth-order valence-electron chi connectivity index (χ4n) is 5.89. The molecule has 3 saturated carbocycles. The minimum Gasteiger partial charge on any atom is -0.457 e. The van der Waals surface area contributed by atoms with E-state index in [0.29, 0.717) is 0 Å². The number of rotatable bonds is 4. The zero-order valence-electron chi connectivity index (χ0n) is 32.6. The van der Waals surface area contributed by atoms with Gasteiger partial charge in [0.2, 0.25) is 0 Å². The second-order valence-electron chi connectivity index (χ2n) is 11.6. The van der Waals surface area contributed by atoms with Crippen LogP contribution in [0.5, 0.6) is 11.5 Å². The molecule has 0 bridgehead atoms. The summed E-state index contributed by atoms with van der Waals surface area (Å²) < 4.78 is 5.69. The van der Waals surface area contributed by atoms with Crippen LogP contribution in [0.2, 0.25) is 0 Å². The third-order valence-electron chi connectivity index (χ3n) is 8.27. The second kappa shape index (κ2) is 38.0. The van der Waals surface area contributed by atoms with Crippen molar-refractivity contribution in [1.82, 2.24) is 5.32 Å². The molecule has 2 amide bonds. The fraction of sp³-hybridized carbons (Fsp3) is 0.587. The number of anilines is 1. The van der Waals surface area contributed by atoms with Crippen molar-refractivity contribution >= 4 is 11.7 Å². The molecule has 0 aliphatic heterocycles. The van der Waals surface area contributed by atoms with E-state index in [4.69, 9.17) is 17.6 Å². The van der Waals surface area contributed by atoms with Gasteiger partial charge in [0, 0.05) is 12.7 Å². The van der Waals surface area contributed by atoms with E-state index in [2.05, 4.69) is 34.3 Å². The van der Waals surface area contributed by atoms with Crippen LogP contribution in [0, 0.1) is 55.3 Å². The van der Waals surface area contributed by atoms with Gasteiger partial charge in [-0.05, 0) is 78.8 Å². The first-order chi connectivity index (χ1) is 24.0. The molecule has 3 fully saturated rings. The molecule has 0 heterocycles. The Morgan fingerprint density at radius 3 is 1.24 bits per heavy atom. The Labute approximate surface area is 310 Å². The first-order valence-electron chi connectivity index (χ1n) is 19.3. The molecule has 5 rings (SSSR count). The highest BCUT2D eigenvalue weighted by atomic mass is 16.5. The van der Waals surface area contributed by atoms with Crippen LogP contribution in [0.25, 0.3) is 0 Å². The van der Waals surface area contributed by atoms with E-state index in [1.54, 1.807) is 44.9 Å². The Bertz CT molecular complexity index is 1110. The van der Waals surface area contributed by atoms with E-state index in [0.717, 1.165) is 29.0 Å². The number of hydrogen-bond acceptors (Lipinski definition) is 2. The Morgan fingerprint density at radius 1 is 0.600 bits per heavy atom. The first kappa shape index (κ1) is 50.6. The van der Waals surface area contributed by atoms with Gasteiger partial charge in [0.15, 0.2) is 0 Å². The SMILES string of the molecule is C.C#CC#CC#C.C1CCC(C2CCCCC2)CC1.C1CCCCC1.CC.CC.CC.CNC(=O)Nc1ccc(Oc2ccc(C)cc2)cc1. The number of urea groups is 1. The summed E-state index contributed by atoms with van der Waals surface area (Å²) in [6.45, 7) is 14.0. The minimum absolute atomic E-state index is 0. The van der Waals surface area contributed by atoms with Crippen LogP contribution in [0.4, 0.5) is 10.5 Å². The average molecular weight is 687 g/mol. The predicted octanol–water partition coefficient (Wildman–Crippen LogP) is 14.0. The van der Waals surface area contributed by atoms with Crippen LogP contribution in [0.15, 0.2) is 48.5 Å². The predicted molar refractivity (Wildman–Crippen MR) is 223 cm³/mol. The molecule has 0 aromatic heterocycles. The molecule has 0 radical (unpaired) electrons. The van der Waals surface area contributed by atoms with Gasteiger partial charge in [-0.2, -0.15) is 0 Å². The van der Waals surface area contributed by atoms with E-state index < -0.39 is 0 Å². The maximum absolute atomic E-state index is 11.1. The molecule has 2 aromatic rings. The maximum atomic E-state index is 11.1. The topological polar surface area (TPSA) is 50.4 Å². The minimum atomic E-state index is -0.243. The zero-order valence-corrected chi connectivity index (χ0v) is 32.6.